The molecule has 2 unspecified atom stereocenters. The number of nitrogens with zero attached hydrogens (tertiary/aromatic N) is 2. The second-order valence-corrected chi connectivity index (χ2v) is 5.97. The molecule has 0 radical (unpaired) electrons. The number of likely N-dealkylation sites (N-methyl/N-ethyl adjacent to an activating group) is 1. The van der Waals surface area contributed by atoms with Gasteiger partial charge in [-0.2, -0.15) is 0 Å². The van der Waals surface area contributed by atoms with Crippen molar-refractivity contribution in [1.82, 2.24) is 14.9 Å². The average Bonchev–Trinajstić information content (AvgIpc) is 3.00. The van der Waals surface area contributed by atoms with Gasteiger partial charge in [-0.15, -0.1) is 0 Å². The topological polar surface area (TPSA) is 39.1 Å². The molecule has 0 saturated carbocycles. The van der Waals surface area contributed by atoms with Gasteiger partial charge in [0, 0.05) is 12.1 Å². The second-order valence-electron chi connectivity index (χ2n) is 5.97. The van der Waals surface area contributed by atoms with Crippen LogP contribution in [-0.4, -0.2) is 35.9 Å². The van der Waals surface area contributed by atoms with Crippen LogP contribution in [0.3, 0.4) is 0 Å². The highest BCUT2D eigenvalue weighted by Gasteiger charge is 2.33. The maximum absolute atomic E-state index is 5.65. The third-order valence-electron chi connectivity index (χ3n) is 4.17. The number of hydrogen-bond donors (Lipinski definition) is 1. The van der Waals surface area contributed by atoms with Gasteiger partial charge in [0.15, 0.2) is 0 Å². The fourth-order valence-corrected chi connectivity index (χ4v) is 3.12. The van der Waals surface area contributed by atoms with Gasteiger partial charge in [-0.3, -0.25) is 0 Å². The number of fused-ring (bicyclic) bond motifs is 1. The summed E-state index contributed by atoms with van der Waals surface area (Å²) in [6.07, 6.45) is 0. The molecule has 2 aromatic rings. The van der Waals surface area contributed by atoms with Gasteiger partial charge in [-0.1, -0.05) is 6.07 Å². The number of ether oxygens (including phenoxy) is 1. The molecule has 0 bridgehead atoms. The maximum atomic E-state index is 5.65. The van der Waals surface area contributed by atoms with Crippen molar-refractivity contribution in [2.45, 2.75) is 38.8 Å². The van der Waals surface area contributed by atoms with E-state index in [1.807, 2.05) is 7.05 Å². The molecule has 3 rings (SSSR count). The smallest absolute Gasteiger partial charge is 0.117 e. The zero-order valence-corrected chi connectivity index (χ0v) is 12.7. The van der Waals surface area contributed by atoms with Crippen molar-refractivity contribution in [2.75, 3.05) is 20.3 Å². The predicted molar refractivity (Wildman–Crippen MR) is 81.3 cm³/mol. The Morgan fingerprint density at radius 2 is 2.15 bits per heavy atom. The van der Waals surface area contributed by atoms with Crippen LogP contribution < -0.4 is 5.32 Å². The standard InChI is InChI=1S/C16H23N3O/c1-10(2)19-15-6-5-11(3)7-13(15)18-16(19)12-8-20-9-14(12)17-4/h5-7,10,12,14,17H,8-9H2,1-4H3. The molecule has 1 fully saturated rings. The zero-order chi connectivity index (χ0) is 14.3. The molecule has 0 amide bonds. The molecule has 2 heterocycles. The van der Waals surface area contributed by atoms with Crippen molar-refractivity contribution in [2.24, 2.45) is 0 Å². The fraction of sp³-hybridized carbons (Fsp3) is 0.562. The molecule has 0 aliphatic carbocycles. The number of imidazole rings is 1. The number of aryl methyl sites for hydroxylation is 1. The summed E-state index contributed by atoms with van der Waals surface area (Å²) in [4.78, 5) is 4.92. The molecule has 4 heteroatoms. The maximum Gasteiger partial charge on any atom is 0.117 e. The Morgan fingerprint density at radius 3 is 2.85 bits per heavy atom. The molecule has 0 spiro atoms. The molecule has 1 saturated heterocycles. The summed E-state index contributed by atoms with van der Waals surface area (Å²) < 4.78 is 8.01. The molecule has 2 atom stereocenters. The Hall–Kier alpha value is -1.39. The largest absolute Gasteiger partial charge is 0.379 e. The lowest BCUT2D eigenvalue weighted by Crippen LogP contribution is -2.32. The molecule has 108 valence electrons. The van der Waals surface area contributed by atoms with Gasteiger partial charge in [-0.05, 0) is 45.5 Å². The fourth-order valence-electron chi connectivity index (χ4n) is 3.12. The van der Waals surface area contributed by atoms with Crippen LogP contribution >= 0.6 is 0 Å². The number of benzene rings is 1. The lowest BCUT2D eigenvalue weighted by molar-refractivity contribution is 0.187. The summed E-state index contributed by atoms with van der Waals surface area (Å²) in [5.74, 6) is 1.48. The van der Waals surface area contributed by atoms with Crippen molar-refractivity contribution >= 4 is 11.0 Å². The van der Waals surface area contributed by atoms with E-state index in [9.17, 15) is 0 Å². The summed E-state index contributed by atoms with van der Waals surface area (Å²) in [5.41, 5.74) is 3.57. The van der Waals surface area contributed by atoms with Crippen LogP contribution in [0.4, 0.5) is 0 Å². The molecule has 1 aromatic heterocycles. The van der Waals surface area contributed by atoms with E-state index in [0.29, 0.717) is 18.0 Å². The summed E-state index contributed by atoms with van der Waals surface area (Å²) in [6, 6.07) is 7.27. The van der Waals surface area contributed by atoms with Gasteiger partial charge < -0.3 is 14.6 Å². The number of aromatic nitrogens is 2. The minimum atomic E-state index is 0.329. The Morgan fingerprint density at radius 1 is 1.35 bits per heavy atom. The quantitative estimate of drug-likeness (QED) is 0.934. The third-order valence-corrected chi connectivity index (χ3v) is 4.17. The highest BCUT2D eigenvalue weighted by Crippen LogP contribution is 2.31. The van der Waals surface area contributed by atoms with Gasteiger partial charge in [0.1, 0.15) is 5.82 Å². The Labute approximate surface area is 120 Å². The van der Waals surface area contributed by atoms with E-state index in [1.54, 1.807) is 0 Å². The third kappa shape index (κ3) is 2.13. The summed E-state index contributed by atoms with van der Waals surface area (Å²) >= 11 is 0. The molecule has 1 aromatic carbocycles. The van der Waals surface area contributed by atoms with Gasteiger partial charge in [-0.25, -0.2) is 4.98 Å². The minimum absolute atomic E-state index is 0.329. The van der Waals surface area contributed by atoms with Gasteiger partial charge in [0.25, 0.3) is 0 Å². The first-order chi connectivity index (χ1) is 9.61. The number of rotatable bonds is 3. The van der Waals surface area contributed by atoms with E-state index in [2.05, 4.69) is 48.9 Å². The highest BCUT2D eigenvalue weighted by molar-refractivity contribution is 5.77. The van der Waals surface area contributed by atoms with Crippen LogP contribution in [0.5, 0.6) is 0 Å². The van der Waals surface area contributed by atoms with E-state index in [4.69, 9.17) is 9.72 Å². The first-order valence-corrected chi connectivity index (χ1v) is 7.35. The molecule has 4 nitrogen and oxygen atoms in total. The van der Waals surface area contributed by atoms with E-state index < -0.39 is 0 Å². The monoisotopic (exact) mass is 273 g/mol. The van der Waals surface area contributed by atoms with Crippen molar-refractivity contribution in [3.05, 3.63) is 29.6 Å². The van der Waals surface area contributed by atoms with Crippen molar-refractivity contribution in [3.63, 3.8) is 0 Å². The zero-order valence-electron chi connectivity index (χ0n) is 12.7. The molecule has 20 heavy (non-hydrogen) atoms. The predicted octanol–water partition coefficient (Wildman–Crippen LogP) is 2.63. The minimum Gasteiger partial charge on any atom is -0.379 e. The van der Waals surface area contributed by atoms with Gasteiger partial charge >= 0.3 is 0 Å². The molecular formula is C16H23N3O. The summed E-state index contributed by atoms with van der Waals surface area (Å²) in [7, 11) is 2.00. The van der Waals surface area contributed by atoms with Crippen LogP contribution in [0.2, 0.25) is 0 Å². The van der Waals surface area contributed by atoms with Gasteiger partial charge in [0.05, 0.1) is 30.2 Å². The summed E-state index contributed by atoms with van der Waals surface area (Å²) in [5, 5.41) is 3.36. The molecular weight excluding hydrogens is 250 g/mol. The Bertz CT molecular complexity index is 617. The lowest BCUT2D eigenvalue weighted by Gasteiger charge is -2.20. The normalized spacial score (nSPS) is 23.1. The van der Waals surface area contributed by atoms with Crippen molar-refractivity contribution in [3.8, 4) is 0 Å². The van der Waals surface area contributed by atoms with E-state index in [1.165, 1.54) is 11.1 Å². The first-order valence-electron chi connectivity index (χ1n) is 7.35. The number of nitrogens with one attached hydrogen (secondary N) is 1. The molecule has 1 aliphatic heterocycles. The van der Waals surface area contributed by atoms with Gasteiger partial charge in [0.2, 0.25) is 0 Å². The van der Waals surface area contributed by atoms with Crippen molar-refractivity contribution < 1.29 is 4.74 Å². The van der Waals surface area contributed by atoms with E-state index in [-0.39, 0.29) is 0 Å². The van der Waals surface area contributed by atoms with Crippen molar-refractivity contribution in [1.29, 1.82) is 0 Å². The summed E-state index contributed by atoms with van der Waals surface area (Å²) in [6.45, 7) is 8.06. The Kier molecular flexibility index (Phi) is 3.52. The number of hydrogen-bond acceptors (Lipinski definition) is 3. The van der Waals surface area contributed by atoms with Crippen LogP contribution in [0.15, 0.2) is 18.2 Å². The Balaban J connectivity index is 2.16. The average molecular weight is 273 g/mol. The second kappa shape index (κ2) is 5.19. The molecule has 1 N–H and O–H groups in total. The lowest BCUT2D eigenvalue weighted by atomic mass is 10.0. The van der Waals surface area contributed by atoms with Crippen LogP contribution in [0.25, 0.3) is 11.0 Å². The SMILES string of the molecule is CNC1COCC1c1nc2cc(C)ccc2n1C(C)C. The van der Waals surface area contributed by atoms with Crippen LogP contribution in [0, 0.1) is 6.92 Å². The highest BCUT2D eigenvalue weighted by atomic mass is 16.5. The van der Waals surface area contributed by atoms with Crippen LogP contribution in [-0.2, 0) is 4.74 Å². The molecule has 1 aliphatic rings. The van der Waals surface area contributed by atoms with Crippen LogP contribution in [0.1, 0.15) is 37.2 Å². The van der Waals surface area contributed by atoms with E-state index in [0.717, 1.165) is 24.6 Å². The van der Waals surface area contributed by atoms with E-state index >= 15 is 0 Å². The first kappa shape index (κ1) is 13.6.